The summed E-state index contributed by atoms with van der Waals surface area (Å²) in [5, 5.41) is 16.2. The van der Waals surface area contributed by atoms with Gasteiger partial charge in [0.15, 0.2) is 0 Å². The third-order valence-electron chi connectivity index (χ3n) is 6.96. The number of halogens is 1. The van der Waals surface area contributed by atoms with E-state index in [-0.39, 0.29) is 11.2 Å². The highest BCUT2D eigenvalue weighted by Gasteiger charge is 2.42. The topological polar surface area (TPSA) is 82.9 Å². The summed E-state index contributed by atoms with van der Waals surface area (Å²) in [5.41, 5.74) is 2.74. The lowest BCUT2D eigenvalue weighted by Crippen LogP contribution is -2.41. The molecule has 2 aliphatic rings. The summed E-state index contributed by atoms with van der Waals surface area (Å²) >= 11 is 0. The van der Waals surface area contributed by atoms with E-state index in [1.54, 1.807) is 19.5 Å². The van der Waals surface area contributed by atoms with E-state index in [0.29, 0.717) is 30.1 Å². The maximum Gasteiger partial charge on any atom is 0.149 e. The van der Waals surface area contributed by atoms with Crippen LogP contribution in [-0.4, -0.2) is 42.3 Å². The van der Waals surface area contributed by atoms with Gasteiger partial charge in [0.05, 0.1) is 30.0 Å². The Morgan fingerprint density at radius 1 is 1.21 bits per heavy atom. The van der Waals surface area contributed by atoms with E-state index >= 15 is 0 Å². The summed E-state index contributed by atoms with van der Waals surface area (Å²) < 4.78 is 19.9. The van der Waals surface area contributed by atoms with Crippen LogP contribution in [0.25, 0.3) is 11.1 Å². The van der Waals surface area contributed by atoms with Crippen molar-refractivity contribution < 1.29 is 9.13 Å². The molecule has 33 heavy (non-hydrogen) atoms. The lowest BCUT2D eigenvalue weighted by molar-refractivity contribution is 0.158. The molecule has 1 atom stereocenters. The number of ether oxygens (including phenoxy) is 1. The van der Waals surface area contributed by atoms with Crippen LogP contribution >= 0.6 is 0 Å². The van der Waals surface area contributed by atoms with Crippen molar-refractivity contribution >= 4 is 5.69 Å². The summed E-state index contributed by atoms with van der Waals surface area (Å²) in [6.07, 6.45) is 12.0. The fraction of sp³-hybridized carbons (Fsp3) is 0.577. The summed E-state index contributed by atoms with van der Waals surface area (Å²) in [6.45, 7) is 3.49. The van der Waals surface area contributed by atoms with Crippen LogP contribution in [0.3, 0.4) is 0 Å². The number of hydrogen-bond acceptors (Lipinski definition) is 6. The van der Waals surface area contributed by atoms with E-state index in [1.807, 2.05) is 12.1 Å². The number of nitriles is 1. The first-order valence-corrected chi connectivity index (χ1v) is 12.0. The molecule has 2 aromatic heterocycles. The SMILES string of the molecule is COC[C@@H](C)NC1CCC(Cc2cc(-c3cncc(NCC4(C#N)CC4)c3)c(F)cn2)CC1. The van der Waals surface area contributed by atoms with Gasteiger partial charge in [-0.2, -0.15) is 5.26 Å². The van der Waals surface area contributed by atoms with E-state index in [9.17, 15) is 9.65 Å². The number of nitrogens with zero attached hydrogens (tertiary/aromatic N) is 3. The monoisotopic (exact) mass is 451 g/mol. The standard InChI is InChI=1S/C26H34FN5O/c1-18(15-33-2)32-21-5-3-19(4-6-21)9-22-11-24(25(27)14-30-22)20-10-23(13-29-12-20)31-17-26(16-28)7-8-26/h10-14,18-19,21,31-32H,3-9,15,17H2,1-2H3/t18-,19?,21?/m1/s1. The number of nitrogens with one attached hydrogen (secondary N) is 2. The van der Waals surface area contributed by atoms with Crippen molar-refractivity contribution in [1.29, 1.82) is 5.26 Å². The number of methoxy groups -OCH3 is 1. The first-order valence-electron chi connectivity index (χ1n) is 12.0. The molecule has 2 heterocycles. The van der Waals surface area contributed by atoms with Crippen LogP contribution in [0, 0.1) is 28.5 Å². The second kappa shape index (κ2) is 10.6. The minimum Gasteiger partial charge on any atom is -0.383 e. The Labute approximate surface area is 196 Å². The number of hydrogen-bond donors (Lipinski definition) is 2. The van der Waals surface area contributed by atoms with Crippen LogP contribution in [0.15, 0.2) is 30.7 Å². The third kappa shape index (κ3) is 6.27. The van der Waals surface area contributed by atoms with Gasteiger partial charge in [-0.15, -0.1) is 0 Å². The molecule has 2 aliphatic carbocycles. The number of rotatable bonds is 10. The molecule has 0 aliphatic heterocycles. The van der Waals surface area contributed by atoms with E-state index in [0.717, 1.165) is 68.5 Å². The molecule has 7 heteroatoms. The first-order chi connectivity index (χ1) is 16.0. The van der Waals surface area contributed by atoms with Crippen molar-refractivity contribution in [3.8, 4) is 17.2 Å². The van der Waals surface area contributed by atoms with Crippen LogP contribution in [0.5, 0.6) is 0 Å². The zero-order chi connectivity index (χ0) is 23.3. The van der Waals surface area contributed by atoms with Gasteiger partial charge in [-0.3, -0.25) is 9.97 Å². The molecule has 0 aromatic carbocycles. The minimum absolute atomic E-state index is 0.249. The van der Waals surface area contributed by atoms with Gasteiger partial charge in [0.1, 0.15) is 5.82 Å². The summed E-state index contributed by atoms with van der Waals surface area (Å²) in [4.78, 5) is 8.67. The van der Waals surface area contributed by atoms with Gasteiger partial charge in [-0.25, -0.2) is 4.39 Å². The summed E-state index contributed by atoms with van der Waals surface area (Å²) in [6, 6.07) is 7.07. The van der Waals surface area contributed by atoms with Crippen molar-refractivity contribution in [3.05, 3.63) is 42.2 Å². The zero-order valence-electron chi connectivity index (χ0n) is 19.6. The molecule has 0 unspecified atom stereocenters. The van der Waals surface area contributed by atoms with Crippen LogP contribution in [-0.2, 0) is 11.2 Å². The zero-order valence-corrected chi connectivity index (χ0v) is 19.6. The molecule has 0 spiro atoms. The largest absolute Gasteiger partial charge is 0.383 e. The van der Waals surface area contributed by atoms with E-state index in [4.69, 9.17) is 4.74 Å². The van der Waals surface area contributed by atoms with Gasteiger partial charge in [-0.1, -0.05) is 0 Å². The van der Waals surface area contributed by atoms with Gasteiger partial charge < -0.3 is 15.4 Å². The van der Waals surface area contributed by atoms with E-state index in [2.05, 4.69) is 33.6 Å². The fourth-order valence-electron chi connectivity index (χ4n) is 4.78. The fourth-order valence-corrected chi connectivity index (χ4v) is 4.78. The highest BCUT2D eigenvalue weighted by Crippen LogP contribution is 2.44. The Morgan fingerprint density at radius 2 is 2.00 bits per heavy atom. The first kappa shape index (κ1) is 23.6. The average molecular weight is 452 g/mol. The molecular weight excluding hydrogens is 417 g/mol. The second-order valence-corrected chi connectivity index (χ2v) is 9.81. The minimum atomic E-state index is -0.339. The van der Waals surface area contributed by atoms with Gasteiger partial charge in [0.25, 0.3) is 0 Å². The van der Waals surface area contributed by atoms with Gasteiger partial charge in [0, 0.05) is 55.0 Å². The average Bonchev–Trinajstić information content (AvgIpc) is 3.61. The number of anilines is 1. The molecule has 2 aromatic rings. The highest BCUT2D eigenvalue weighted by molar-refractivity contribution is 5.67. The van der Waals surface area contributed by atoms with Gasteiger partial charge in [0.2, 0.25) is 0 Å². The molecular formula is C26H34FN5O. The van der Waals surface area contributed by atoms with Crippen LogP contribution in [0.2, 0.25) is 0 Å². The lowest BCUT2D eigenvalue weighted by Gasteiger charge is -2.31. The maximum absolute atomic E-state index is 14.7. The molecule has 2 N–H and O–H groups in total. The van der Waals surface area contributed by atoms with Crippen LogP contribution < -0.4 is 10.6 Å². The van der Waals surface area contributed by atoms with Crippen molar-refractivity contribution in [2.45, 2.75) is 64.0 Å². The maximum atomic E-state index is 14.7. The molecule has 0 amide bonds. The third-order valence-corrected chi connectivity index (χ3v) is 6.96. The van der Waals surface area contributed by atoms with Crippen molar-refractivity contribution in [1.82, 2.24) is 15.3 Å². The molecule has 6 nitrogen and oxygen atoms in total. The van der Waals surface area contributed by atoms with Gasteiger partial charge >= 0.3 is 0 Å². The Kier molecular flexibility index (Phi) is 7.56. The summed E-state index contributed by atoms with van der Waals surface area (Å²) in [7, 11) is 1.74. The lowest BCUT2D eigenvalue weighted by atomic mass is 9.83. The van der Waals surface area contributed by atoms with Gasteiger partial charge in [-0.05, 0) is 69.9 Å². The predicted octanol–water partition coefficient (Wildman–Crippen LogP) is 4.72. The number of pyridine rings is 2. The molecule has 0 radical (unpaired) electrons. The summed E-state index contributed by atoms with van der Waals surface area (Å²) in [5.74, 6) is 0.229. The van der Waals surface area contributed by atoms with E-state index in [1.165, 1.54) is 6.20 Å². The molecule has 0 saturated heterocycles. The Morgan fingerprint density at radius 3 is 2.70 bits per heavy atom. The smallest absolute Gasteiger partial charge is 0.149 e. The predicted molar refractivity (Wildman–Crippen MR) is 127 cm³/mol. The molecule has 176 valence electrons. The second-order valence-electron chi connectivity index (χ2n) is 9.81. The molecule has 4 rings (SSSR count). The Balaban J connectivity index is 1.37. The molecule has 2 saturated carbocycles. The molecule has 0 bridgehead atoms. The highest BCUT2D eigenvalue weighted by atomic mass is 19.1. The molecule has 2 fully saturated rings. The van der Waals surface area contributed by atoms with E-state index < -0.39 is 0 Å². The Bertz CT molecular complexity index is 979. The van der Waals surface area contributed by atoms with Crippen LogP contribution in [0.4, 0.5) is 10.1 Å². The van der Waals surface area contributed by atoms with Crippen molar-refractivity contribution in [2.75, 3.05) is 25.6 Å². The number of aromatic nitrogens is 2. The quantitative estimate of drug-likeness (QED) is 0.544. The normalized spacial score (nSPS) is 22.4. The van der Waals surface area contributed by atoms with Crippen molar-refractivity contribution in [2.24, 2.45) is 11.3 Å². The van der Waals surface area contributed by atoms with Crippen LogP contribution in [0.1, 0.15) is 51.1 Å². The Hall–Kier alpha value is -2.56. The van der Waals surface area contributed by atoms with Crippen molar-refractivity contribution in [3.63, 3.8) is 0 Å².